The normalized spacial score (nSPS) is 22.6. The van der Waals surface area contributed by atoms with Crippen molar-refractivity contribution in [2.75, 3.05) is 0 Å². The van der Waals surface area contributed by atoms with Crippen LogP contribution in [0.5, 0.6) is 0 Å². The van der Waals surface area contributed by atoms with Gasteiger partial charge in [0.1, 0.15) is 17.0 Å². The number of fused-ring (bicyclic) bond motifs is 30. The molecule has 1 aromatic heterocycles. The van der Waals surface area contributed by atoms with E-state index in [-0.39, 0.29) is 95.9 Å². The number of benzene rings is 7. The van der Waals surface area contributed by atoms with Gasteiger partial charge in [-0.2, -0.15) is 26.3 Å². The van der Waals surface area contributed by atoms with Crippen molar-refractivity contribution in [1.29, 1.82) is 0 Å². The van der Waals surface area contributed by atoms with Crippen LogP contribution in [0.3, 0.4) is 0 Å². The SMILES string of the molecule is CB(O)n1cccc1.CC(C)(C)OC(=O)OC(=O)OC(C)(C)C.Fc1ccccc1Br.O=C(N1C2CCC1c1cc([N+](=O)[O-])ccc12)C(F)(F)F.O=C(N1C2CCC1c1ccccc12)C(F)(F)F.O=[N+]([O-])c1ccc2c(c1)C1CCC2N1.[B]C(=O)N1C2C=CC1c1ccccc12.[B]C(=O)N1C2CCC1c1ccccc12.[H-].[H-].[Mg+2].c1ccc2c(c1)C1CCC2N1. The van der Waals surface area contributed by atoms with Crippen LogP contribution in [-0.2, 0) is 23.8 Å². The molecule has 5 saturated heterocycles. The summed E-state index contributed by atoms with van der Waals surface area (Å²) < 4.78 is 104. The molecular formula is C87H90B3BrF7MgN9O14. The molecule has 634 valence electrons. The second-order valence-electron chi connectivity index (χ2n) is 32.6. The molecule has 4 amide bonds. The van der Waals surface area contributed by atoms with Gasteiger partial charge in [-0.05, 0) is 238 Å². The maximum absolute atomic E-state index is 12.6. The number of alkyl halides is 6. The summed E-state index contributed by atoms with van der Waals surface area (Å²) in [6.07, 6.45) is 5.09. The molecule has 12 atom stereocenters. The number of nitrogens with one attached hydrogen (secondary N) is 2. The first kappa shape index (κ1) is 92.5. The number of halogens is 8. The van der Waals surface area contributed by atoms with Gasteiger partial charge in [-0.1, -0.05) is 127 Å². The second kappa shape index (κ2) is 38.3. The van der Waals surface area contributed by atoms with Crippen molar-refractivity contribution in [2.24, 2.45) is 0 Å². The fourth-order valence-corrected chi connectivity index (χ4v) is 18.2. The standard InChI is InChI=1S/C12H9F3N2O3.C12H10F3NO.C11H10BNO.C11H8BNO.C10H10N2O2.C10H11N.C10H18O5.C6H4BrF.C5H8BNO.Mg.2H/c13-12(14,15)11(18)16-9-3-4-10(16)8-5-6(17(19)20)1-2-7(8)9;13-12(14,15)11(17)16-9-5-6-10(16)8-4-2-1-3-7(8)9;2*12-11(14)13-9-5-6-10(13)8-4-2-1-3-7(8)9;13-12(14)6-1-2-7-8(5-6)10-4-3-9(7)11-10;1-2-4-8-7(3-1)9-5-6-10(8)11-9;1-9(2,3)14-7(11)13-8(12)15-10(4,5)6;7-5-3-1-2-4-6(5)8;1-6(8)7-4-2-3-5-7;;;/h1-2,5,9-10H,3-4H2;1-4,9-10H,5-6H2;1-4,9-10H,5-6H2;1-6,9-10H;1-2,5,9-11H,3-4H2;1-4,9-11H,5-6H2;1-6H3;1-4H;2-5,8H,1H3;;;/q;;;;;;;;;+2;2*-1. The number of non-ortho nitro benzene ring substituents is 2. The molecule has 13 heterocycles. The van der Waals surface area contributed by atoms with Crippen LogP contribution in [0.25, 0.3) is 0 Å². The average molecular weight is 1760 g/mol. The van der Waals surface area contributed by atoms with Gasteiger partial charge in [-0.25, -0.2) is 14.0 Å². The monoisotopic (exact) mass is 1750 g/mol. The summed E-state index contributed by atoms with van der Waals surface area (Å²) in [7, 11) is 10.3. The van der Waals surface area contributed by atoms with E-state index in [4.69, 9.17) is 30.2 Å². The number of carbonyl (C=O) groups is 6. The third kappa shape index (κ3) is 20.8. The maximum atomic E-state index is 12.6. The minimum absolute atomic E-state index is 0. The van der Waals surface area contributed by atoms with Crippen molar-refractivity contribution in [3.05, 3.63) is 292 Å². The fraction of sp³-hybridized carbons (Fsp3) is 0.379. The van der Waals surface area contributed by atoms with E-state index in [0.29, 0.717) is 65.5 Å². The van der Waals surface area contributed by atoms with Gasteiger partial charge in [-0.15, -0.1) is 0 Å². The first-order valence-electron chi connectivity index (χ1n) is 39.6. The summed E-state index contributed by atoms with van der Waals surface area (Å²) in [5.74, 6) is -4.42. The van der Waals surface area contributed by atoms with Gasteiger partial charge in [0.05, 0.1) is 62.7 Å². The molecule has 8 aromatic rings. The van der Waals surface area contributed by atoms with Crippen molar-refractivity contribution in [3.8, 4) is 0 Å². The number of hydrogen-bond donors (Lipinski definition) is 3. The Morgan fingerprint density at radius 3 is 1.07 bits per heavy atom. The molecule has 4 radical (unpaired) electrons. The van der Waals surface area contributed by atoms with Gasteiger partial charge in [0.25, 0.3) is 11.4 Å². The first-order chi connectivity index (χ1) is 57.2. The minimum atomic E-state index is -4.92. The third-order valence-corrected chi connectivity index (χ3v) is 23.3. The molecule has 20 rings (SSSR count). The van der Waals surface area contributed by atoms with Gasteiger partial charge >= 0.3 is 66.6 Å². The molecule has 7 aromatic carbocycles. The number of carbonyl (C=O) groups excluding carboxylic acids is 6. The Morgan fingerprint density at radius 1 is 0.451 bits per heavy atom. The molecule has 122 heavy (non-hydrogen) atoms. The van der Waals surface area contributed by atoms with Crippen LogP contribution >= 0.6 is 15.9 Å². The number of ether oxygens (including phenoxy) is 3. The Hall–Kier alpha value is -10.2. The number of nitrogens with zero attached hydrogens (tertiary/aromatic N) is 7. The Kier molecular flexibility index (Phi) is 29.0. The summed E-state index contributed by atoms with van der Waals surface area (Å²) in [5, 5.41) is 37.2. The zero-order chi connectivity index (χ0) is 87.5. The predicted octanol–water partition coefficient (Wildman–Crippen LogP) is 19.9. The Morgan fingerprint density at radius 2 is 0.754 bits per heavy atom. The smallest absolute Gasteiger partial charge is 1.00 e. The molecule has 5 fully saturated rings. The molecule has 35 heteroatoms. The maximum Gasteiger partial charge on any atom is 2.00 e. The molecule has 12 aliphatic heterocycles. The Labute approximate surface area is 730 Å². The van der Waals surface area contributed by atoms with E-state index < -0.39 is 71.7 Å². The van der Waals surface area contributed by atoms with Crippen LogP contribution in [-0.4, -0.2) is 144 Å². The Bertz CT molecular complexity index is 5070. The summed E-state index contributed by atoms with van der Waals surface area (Å²) in [6.45, 7) is 11.7. The van der Waals surface area contributed by atoms with Gasteiger partial charge < -0.3 is 56.8 Å². The number of amides is 4. The molecular weight excluding hydrogens is 1660 g/mol. The van der Waals surface area contributed by atoms with E-state index in [0.717, 1.165) is 52.2 Å². The van der Waals surface area contributed by atoms with Gasteiger partial charge in [-0.3, -0.25) is 39.4 Å². The van der Waals surface area contributed by atoms with Crippen molar-refractivity contribution < 1.29 is 91.4 Å². The molecule has 3 N–H and O–H groups in total. The van der Waals surface area contributed by atoms with E-state index in [9.17, 15) is 79.7 Å². The van der Waals surface area contributed by atoms with Crippen LogP contribution in [0.2, 0.25) is 6.82 Å². The van der Waals surface area contributed by atoms with Crippen LogP contribution in [0.1, 0.15) is 248 Å². The zero-order valence-corrected chi connectivity index (χ0v) is 70.8. The zero-order valence-electron chi connectivity index (χ0n) is 69.8. The molecule has 0 aliphatic carbocycles. The summed E-state index contributed by atoms with van der Waals surface area (Å²) in [4.78, 5) is 93.2. The number of aromatic nitrogens is 1. The molecule has 12 unspecified atom stereocenters. The van der Waals surface area contributed by atoms with Crippen LogP contribution in [0, 0.1) is 26.0 Å². The largest absolute Gasteiger partial charge is 2.00 e. The predicted molar refractivity (Wildman–Crippen MR) is 448 cm³/mol. The van der Waals surface area contributed by atoms with E-state index in [1.165, 1.54) is 64.9 Å². The van der Waals surface area contributed by atoms with Gasteiger partial charge in [0, 0.05) is 48.4 Å². The summed E-state index contributed by atoms with van der Waals surface area (Å²) in [6, 6.07) is 52.5. The van der Waals surface area contributed by atoms with Crippen LogP contribution in [0.4, 0.5) is 61.3 Å². The summed E-state index contributed by atoms with van der Waals surface area (Å²) >= 11 is 3.02. The quantitative estimate of drug-likeness (QED) is 0.0282. The van der Waals surface area contributed by atoms with E-state index in [1.54, 1.807) is 111 Å². The Balaban J connectivity index is 0.000000159. The van der Waals surface area contributed by atoms with Gasteiger partial charge in [0.15, 0.2) is 11.6 Å². The van der Waals surface area contributed by atoms with Crippen molar-refractivity contribution in [1.82, 2.24) is 34.7 Å². The van der Waals surface area contributed by atoms with Crippen LogP contribution in [0.15, 0.2) is 199 Å². The number of hydrogen-bond acceptors (Lipinski definition) is 16. The average Bonchev–Trinajstić information content (AvgIpc) is 1.58. The summed E-state index contributed by atoms with van der Waals surface area (Å²) in [5.41, 5.74) is 11.9. The molecule has 23 nitrogen and oxygen atoms in total. The molecule has 0 spiro atoms. The number of nitro benzene ring substituents is 2. The van der Waals surface area contributed by atoms with Crippen molar-refractivity contribution >= 4 is 109 Å². The molecule has 12 bridgehead atoms. The number of rotatable bonds is 3. The fourth-order valence-electron chi connectivity index (χ4n) is 17.9. The number of nitro groups is 2. The molecule has 0 saturated carbocycles. The van der Waals surface area contributed by atoms with E-state index in [2.05, 4.69) is 79.8 Å². The van der Waals surface area contributed by atoms with E-state index in [1.807, 2.05) is 84.0 Å². The van der Waals surface area contributed by atoms with Crippen molar-refractivity contribution in [2.45, 2.75) is 209 Å². The first-order valence-corrected chi connectivity index (χ1v) is 40.4. The third-order valence-electron chi connectivity index (χ3n) is 22.7. The minimum Gasteiger partial charge on any atom is -1.00 e. The molecule has 12 aliphatic rings. The second-order valence-corrected chi connectivity index (χ2v) is 33.4. The van der Waals surface area contributed by atoms with Gasteiger partial charge in [0.2, 0.25) is 15.7 Å². The van der Waals surface area contributed by atoms with E-state index >= 15 is 0 Å². The van der Waals surface area contributed by atoms with Crippen molar-refractivity contribution in [3.63, 3.8) is 0 Å². The topological polar surface area (TPSA) is 279 Å². The van der Waals surface area contributed by atoms with Crippen LogP contribution < -0.4 is 10.6 Å².